The molecule has 7 heteroatoms. The number of hydrogen-bond acceptors (Lipinski definition) is 5. The first-order chi connectivity index (χ1) is 13.9. The van der Waals surface area contributed by atoms with Gasteiger partial charge < -0.3 is 9.88 Å². The number of imidazole rings is 1. The molecular weight excluding hydrogens is 384 g/mol. The highest BCUT2D eigenvalue weighted by Crippen LogP contribution is 2.27. The van der Waals surface area contributed by atoms with E-state index in [1.54, 1.807) is 24.9 Å². The van der Waals surface area contributed by atoms with Gasteiger partial charge in [0.1, 0.15) is 5.82 Å². The van der Waals surface area contributed by atoms with Crippen molar-refractivity contribution >= 4 is 34.8 Å². The Kier molecular flexibility index (Phi) is 5.18. The SMILES string of the molecule is Cl.c1ccc2c(Nc3ccc(-n4ccnc4)cc3)nc(-c3ccncc3)nc2c1. The van der Waals surface area contributed by atoms with Gasteiger partial charge in [-0.1, -0.05) is 12.1 Å². The van der Waals surface area contributed by atoms with E-state index in [9.17, 15) is 0 Å². The second-order valence-corrected chi connectivity index (χ2v) is 6.29. The van der Waals surface area contributed by atoms with Crippen molar-refractivity contribution in [1.29, 1.82) is 0 Å². The number of para-hydroxylation sites is 1. The highest BCUT2D eigenvalue weighted by Gasteiger charge is 2.09. The Morgan fingerprint density at radius 3 is 2.31 bits per heavy atom. The van der Waals surface area contributed by atoms with E-state index in [0.29, 0.717) is 5.82 Å². The molecule has 0 aliphatic carbocycles. The van der Waals surface area contributed by atoms with Gasteiger partial charge in [0.25, 0.3) is 0 Å². The maximum absolute atomic E-state index is 4.77. The van der Waals surface area contributed by atoms with Crippen molar-refractivity contribution in [3.63, 3.8) is 0 Å². The minimum Gasteiger partial charge on any atom is -0.340 e. The number of halogens is 1. The van der Waals surface area contributed by atoms with Crippen molar-refractivity contribution in [2.75, 3.05) is 5.32 Å². The van der Waals surface area contributed by atoms with Gasteiger partial charge in [-0.3, -0.25) is 4.98 Å². The lowest BCUT2D eigenvalue weighted by atomic mass is 10.2. The molecule has 0 saturated carbocycles. The van der Waals surface area contributed by atoms with Gasteiger partial charge in [-0.2, -0.15) is 0 Å². The van der Waals surface area contributed by atoms with Gasteiger partial charge in [-0.25, -0.2) is 15.0 Å². The molecule has 6 nitrogen and oxygen atoms in total. The molecule has 0 amide bonds. The summed E-state index contributed by atoms with van der Waals surface area (Å²) in [4.78, 5) is 17.6. The van der Waals surface area contributed by atoms with E-state index in [1.807, 2.05) is 71.4 Å². The molecule has 0 saturated heterocycles. The smallest absolute Gasteiger partial charge is 0.162 e. The molecule has 5 rings (SSSR count). The number of aromatic nitrogens is 5. The molecule has 0 unspecified atom stereocenters. The summed E-state index contributed by atoms with van der Waals surface area (Å²) in [5.41, 5.74) is 3.82. The number of pyridine rings is 1. The van der Waals surface area contributed by atoms with Gasteiger partial charge in [0.2, 0.25) is 0 Å². The van der Waals surface area contributed by atoms with E-state index in [-0.39, 0.29) is 12.4 Å². The fourth-order valence-corrected chi connectivity index (χ4v) is 3.07. The molecule has 142 valence electrons. The average molecular weight is 401 g/mol. The summed E-state index contributed by atoms with van der Waals surface area (Å²) in [6.45, 7) is 0. The Balaban J connectivity index is 0.00000205. The molecule has 1 N–H and O–H groups in total. The Morgan fingerprint density at radius 2 is 1.55 bits per heavy atom. The van der Waals surface area contributed by atoms with Crippen LogP contribution in [0.1, 0.15) is 0 Å². The minimum absolute atomic E-state index is 0. The van der Waals surface area contributed by atoms with Crippen LogP contribution in [-0.4, -0.2) is 24.5 Å². The van der Waals surface area contributed by atoms with Crippen LogP contribution in [0.2, 0.25) is 0 Å². The Hall–Kier alpha value is -3.77. The van der Waals surface area contributed by atoms with Crippen molar-refractivity contribution in [2.45, 2.75) is 0 Å². The summed E-state index contributed by atoms with van der Waals surface area (Å²) in [5, 5.41) is 4.41. The van der Waals surface area contributed by atoms with Gasteiger partial charge in [0.15, 0.2) is 5.82 Å². The first-order valence-electron chi connectivity index (χ1n) is 8.89. The molecule has 0 atom stereocenters. The Morgan fingerprint density at radius 1 is 0.759 bits per heavy atom. The molecule has 0 bridgehead atoms. The number of benzene rings is 2. The number of hydrogen-bond donors (Lipinski definition) is 1. The molecule has 5 aromatic rings. The zero-order valence-corrected chi connectivity index (χ0v) is 16.1. The van der Waals surface area contributed by atoms with E-state index in [4.69, 9.17) is 9.97 Å². The second-order valence-electron chi connectivity index (χ2n) is 6.29. The van der Waals surface area contributed by atoms with E-state index in [2.05, 4.69) is 15.3 Å². The van der Waals surface area contributed by atoms with Crippen molar-refractivity contribution in [2.24, 2.45) is 0 Å². The van der Waals surface area contributed by atoms with Crippen molar-refractivity contribution in [3.05, 3.63) is 91.8 Å². The van der Waals surface area contributed by atoms with Crippen molar-refractivity contribution in [3.8, 4) is 17.1 Å². The maximum atomic E-state index is 4.77. The molecule has 0 radical (unpaired) electrons. The third-order valence-electron chi connectivity index (χ3n) is 4.47. The number of anilines is 2. The highest BCUT2D eigenvalue weighted by atomic mass is 35.5. The zero-order chi connectivity index (χ0) is 18.8. The average Bonchev–Trinajstić information content (AvgIpc) is 3.30. The van der Waals surface area contributed by atoms with Gasteiger partial charge in [0.05, 0.1) is 11.8 Å². The molecular formula is C22H17ClN6. The molecule has 3 heterocycles. The largest absolute Gasteiger partial charge is 0.340 e. The predicted octanol–water partition coefficient (Wildman–Crippen LogP) is 5.04. The van der Waals surface area contributed by atoms with Crippen LogP contribution in [0.4, 0.5) is 11.5 Å². The molecule has 0 aliphatic rings. The molecule has 0 fully saturated rings. The maximum Gasteiger partial charge on any atom is 0.162 e. The standard InChI is InChI=1S/C22H16N6.ClH/c1-2-4-20-19(3-1)22(27-21(26-20)16-9-11-23-12-10-16)25-17-5-7-18(8-6-17)28-14-13-24-15-28;/h1-15H,(H,25,26,27);1H. The summed E-state index contributed by atoms with van der Waals surface area (Å²) in [6, 6.07) is 19.9. The lowest BCUT2D eigenvalue weighted by molar-refractivity contribution is 1.06. The number of nitrogens with one attached hydrogen (secondary N) is 1. The summed E-state index contributed by atoms with van der Waals surface area (Å²) in [7, 11) is 0. The first kappa shape index (κ1) is 18.6. The summed E-state index contributed by atoms with van der Waals surface area (Å²) in [6.07, 6.45) is 8.95. The topological polar surface area (TPSA) is 68.5 Å². The normalized spacial score (nSPS) is 10.5. The third kappa shape index (κ3) is 3.79. The predicted molar refractivity (Wildman–Crippen MR) is 117 cm³/mol. The molecule has 0 spiro atoms. The van der Waals surface area contributed by atoms with E-state index in [0.717, 1.165) is 33.7 Å². The number of nitrogens with zero attached hydrogens (tertiary/aromatic N) is 5. The molecule has 3 aromatic heterocycles. The highest BCUT2D eigenvalue weighted by molar-refractivity contribution is 5.92. The summed E-state index contributed by atoms with van der Waals surface area (Å²) in [5.74, 6) is 1.44. The lowest BCUT2D eigenvalue weighted by Crippen LogP contribution is -2.00. The van der Waals surface area contributed by atoms with Crippen LogP contribution >= 0.6 is 12.4 Å². The summed E-state index contributed by atoms with van der Waals surface area (Å²) >= 11 is 0. The van der Waals surface area contributed by atoms with E-state index < -0.39 is 0 Å². The molecule has 0 aliphatic heterocycles. The minimum atomic E-state index is 0. The molecule has 29 heavy (non-hydrogen) atoms. The monoisotopic (exact) mass is 400 g/mol. The summed E-state index contributed by atoms with van der Waals surface area (Å²) < 4.78 is 1.96. The van der Waals surface area contributed by atoms with Gasteiger partial charge in [0, 0.05) is 47.1 Å². The number of rotatable bonds is 4. The Labute approximate surface area is 173 Å². The van der Waals surface area contributed by atoms with Gasteiger partial charge >= 0.3 is 0 Å². The van der Waals surface area contributed by atoms with Gasteiger partial charge in [-0.15, -0.1) is 12.4 Å². The quantitative estimate of drug-likeness (QED) is 0.457. The Bertz CT molecular complexity index is 1220. The van der Waals surface area contributed by atoms with E-state index >= 15 is 0 Å². The fraction of sp³-hybridized carbons (Fsp3) is 0. The zero-order valence-electron chi connectivity index (χ0n) is 15.3. The van der Waals surface area contributed by atoms with E-state index in [1.165, 1.54) is 0 Å². The van der Waals surface area contributed by atoms with Crippen LogP contribution in [-0.2, 0) is 0 Å². The molecule has 2 aromatic carbocycles. The third-order valence-corrected chi connectivity index (χ3v) is 4.47. The van der Waals surface area contributed by atoms with Crippen LogP contribution in [0.3, 0.4) is 0 Å². The van der Waals surface area contributed by atoms with Crippen LogP contribution in [0.5, 0.6) is 0 Å². The first-order valence-corrected chi connectivity index (χ1v) is 8.89. The van der Waals surface area contributed by atoms with Crippen molar-refractivity contribution in [1.82, 2.24) is 24.5 Å². The van der Waals surface area contributed by atoms with Crippen LogP contribution in [0.25, 0.3) is 28.0 Å². The lowest BCUT2D eigenvalue weighted by Gasteiger charge is -2.12. The van der Waals surface area contributed by atoms with Crippen molar-refractivity contribution < 1.29 is 0 Å². The fourth-order valence-electron chi connectivity index (χ4n) is 3.07. The van der Waals surface area contributed by atoms with Crippen LogP contribution < -0.4 is 5.32 Å². The second kappa shape index (κ2) is 8.08. The van der Waals surface area contributed by atoms with Crippen LogP contribution in [0.15, 0.2) is 91.8 Å². The van der Waals surface area contributed by atoms with Crippen LogP contribution in [0, 0.1) is 0 Å². The van der Waals surface area contributed by atoms with Gasteiger partial charge in [-0.05, 0) is 48.5 Å². The number of fused-ring (bicyclic) bond motifs is 1.